The summed E-state index contributed by atoms with van der Waals surface area (Å²) in [5, 5.41) is 0. The number of Topliss-reactive ketones (excluding diaryl/α,β-unsaturated/α-hetero) is 1. The van der Waals surface area contributed by atoms with Gasteiger partial charge >= 0.3 is 0 Å². The molecular weight excluding hydrogens is 296 g/mol. The first-order valence-corrected chi connectivity index (χ1v) is 9.94. The molecule has 0 aliphatic heterocycles. The molecule has 132 valence electrons. The Bertz CT molecular complexity index is 585. The highest BCUT2D eigenvalue weighted by Gasteiger charge is 2.56. The van der Waals surface area contributed by atoms with Gasteiger partial charge in [-0.3, -0.25) is 9.59 Å². The number of allylic oxidation sites excluding steroid dienone is 4. The summed E-state index contributed by atoms with van der Waals surface area (Å²) < 4.78 is 0. The molecule has 0 bridgehead atoms. The van der Waals surface area contributed by atoms with Gasteiger partial charge in [0.2, 0.25) is 0 Å². The van der Waals surface area contributed by atoms with Crippen LogP contribution in [0, 0.1) is 35.0 Å². The van der Waals surface area contributed by atoms with Crippen LogP contribution >= 0.6 is 0 Å². The molecule has 2 heteroatoms. The number of fused-ring (bicyclic) bond motifs is 5. The minimum absolute atomic E-state index is 0.211. The highest BCUT2D eigenvalue weighted by molar-refractivity contribution is 5.92. The Morgan fingerprint density at radius 2 is 1.92 bits per heavy atom. The Labute approximate surface area is 146 Å². The molecule has 2 nitrogen and oxygen atoms in total. The van der Waals surface area contributed by atoms with E-state index in [1.807, 2.05) is 19.9 Å². The third kappa shape index (κ3) is 2.62. The topological polar surface area (TPSA) is 34.1 Å². The summed E-state index contributed by atoms with van der Waals surface area (Å²) in [6.45, 7) is 8.16. The van der Waals surface area contributed by atoms with E-state index >= 15 is 0 Å². The fraction of sp³-hybridized carbons (Fsp3) is 0.727. The molecule has 0 aromatic carbocycles. The van der Waals surface area contributed by atoms with Gasteiger partial charge in [0.15, 0.2) is 5.78 Å². The smallest absolute Gasteiger partial charge is 0.155 e. The number of carbonyl (C=O) groups is 2. The van der Waals surface area contributed by atoms with E-state index in [0.29, 0.717) is 35.2 Å². The Morgan fingerprint density at radius 3 is 2.62 bits per heavy atom. The Hall–Kier alpha value is -1.18. The van der Waals surface area contributed by atoms with Crippen molar-refractivity contribution in [2.75, 3.05) is 0 Å². The van der Waals surface area contributed by atoms with Crippen LogP contribution in [0.4, 0.5) is 0 Å². The molecular formula is C22H32O2. The molecule has 0 N–H and O–H groups in total. The average Bonchev–Trinajstić information content (AvgIpc) is 2.93. The van der Waals surface area contributed by atoms with Crippen LogP contribution in [0.5, 0.6) is 0 Å². The number of hydrogen-bond donors (Lipinski definition) is 0. The molecule has 2 saturated carbocycles. The summed E-state index contributed by atoms with van der Waals surface area (Å²) in [4.78, 5) is 23.7. The summed E-state index contributed by atoms with van der Waals surface area (Å²) in [6, 6.07) is 0. The van der Waals surface area contributed by atoms with Crippen LogP contribution in [0.1, 0.15) is 66.2 Å². The highest BCUT2D eigenvalue weighted by Crippen LogP contribution is 2.62. The lowest BCUT2D eigenvalue weighted by molar-refractivity contribution is -0.126. The third-order valence-electron chi connectivity index (χ3n) is 7.36. The number of hydrogen-bond acceptors (Lipinski definition) is 2. The monoisotopic (exact) mass is 328 g/mol. The summed E-state index contributed by atoms with van der Waals surface area (Å²) in [6.07, 6.45) is 13.0. The lowest BCUT2D eigenvalue weighted by atomic mass is 9.53. The van der Waals surface area contributed by atoms with Gasteiger partial charge in [0.1, 0.15) is 5.78 Å². The van der Waals surface area contributed by atoms with Crippen LogP contribution < -0.4 is 0 Å². The normalized spacial score (nSPS) is 42.9. The van der Waals surface area contributed by atoms with Crippen LogP contribution in [0.2, 0.25) is 0 Å². The first-order valence-electron chi connectivity index (χ1n) is 9.94. The minimum atomic E-state index is 0.211. The second kappa shape index (κ2) is 6.61. The lowest BCUT2D eigenvalue weighted by Gasteiger charge is -2.51. The van der Waals surface area contributed by atoms with Gasteiger partial charge in [-0.05, 0) is 79.8 Å². The van der Waals surface area contributed by atoms with Crippen molar-refractivity contribution < 1.29 is 9.59 Å². The van der Waals surface area contributed by atoms with Crippen LogP contribution in [-0.4, -0.2) is 11.6 Å². The van der Waals surface area contributed by atoms with E-state index in [0.717, 1.165) is 19.3 Å². The third-order valence-corrected chi connectivity index (χ3v) is 7.36. The second-order valence-electron chi connectivity index (χ2n) is 8.25. The van der Waals surface area contributed by atoms with E-state index in [4.69, 9.17) is 0 Å². The molecule has 6 atom stereocenters. The van der Waals surface area contributed by atoms with E-state index in [1.54, 1.807) is 6.92 Å². The fourth-order valence-corrected chi connectivity index (χ4v) is 6.32. The van der Waals surface area contributed by atoms with Crippen LogP contribution in [0.3, 0.4) is 0 Å². The molecule has 24 heavy (non-hydrogen) atoms. The summed E-state index contributed by atoms with van der Waals surface area (Å²) in [5.74, 6) is 3.55. The van der Waals surface area contributed by atoms with Crippen molar-refractivity contribution in [1.82, 2.24) is 0 Å². The van der Waals surface area contributed by atoms with Gasteiger partial charge in [0, 0.05) is 12.3 Å². The van der Waals surface area contributed by atoms with Crippen molar-refractivity contribution in [1.29, 1.82) is 0 Å². The van der Waals surface area contributed by atoms with Crippen LogP contribution in [0.15, 0.2) is 23.8 Å². The minimum Gasteiger partial charge on any atom is -0.300 e. The average molecular weight is 328 g/mol. The molecule has 0 saturated heterocycles. The predicted octanol–water partition coefficient (Wildman–Crippen LogP) is 5.14. The molecule has 0 amide bonds. The van der Waals surface area contributed by atoms with Gasteiger partial charge in [-0.25, -0.2) is 0 Å². The van der Waals surface area contributed by atoms with E-state index < -0.39 is 0 Å². The first-order chi connectivity index (χ1) is 11.5. The zero-order valence-electron chi connectivity index (χ0n) is 15.7. The summed E-state index contributed by atoms with van der Waals surface area (Å²) >= 11 is 0. The number of ketones is 2. The van der Waals surface area contributed by atoms with Crippen molar-refractivity contribution >= 4 is 11.6 Å². The summed E-state index contributed by atoms with van der Waals surface area (Å²) in [7, 11) is 0. The number of rotatable bonds is 1. The SMILES string of the molecule is CC.CC(=O)C1CCC2C3C=CC4=CC(=O)CCC4C3CCC12C. The van der Waals surface area contributed by atoms with E-state index in [1.165, 1.54) is 24.8 Å². The van der Waals surface area contributed by atoms with Crippen molar-refractivity contribution in [3.63, 3.8) is 0 Å². The maximum Gasteiger partial charge on any atom is 0.155 e. The largest absolute Gasteiger partial charge is 0.300 e. The molecule has 0 spiro atoms. The van der Waals surface area contributed by atoms with Gasteiger partial charge in [-0.15, -0.1) is 0 Å². The maximum atomic E-state index is 12.1. The molecule has 0 aromatic heterocycles. The van der Waals surface area contributed by atoms with Crippen molar-refractivity contribution in [3.8, 4) is 0 Å². The standard InChI is InChI=1S/C20H26O2.C2H6/c1-12(21)18-7-8-19-17-5-3-13-11-14(22)4-6-15(13)16(17)9-10-20(18,19)2;1-2/h3,5,11,15-19H,4,6-10H2,1-2H3;1-2H3. The quantitative estimate of drug-likeness (QED) is 0.668. The zero-order valence-corrected chi connectivity index (χ0v) is 15.7. The molecule has 4 rings (SSSR count). The molecule has 4 aliphatic rings. The molecule has 0 aromatic rings. The van der Waals surface area contributed by atoms with Crippen LogP contribution in [-0.2, 0) is 9.59 Å². The molecule has 0 heterocycles. The predicted molar refractivity (Wildman–Crippen MR) is 97.5 cm³/mol. The fourth-order valence-electron chi connectivity index (χ4n) is 6.32. The summed E-state index contributed by atoms with van der Waals surface area (Å²) in [5.41, 5.74) is 1.49. The molecule has 4 aliphatic carbocycles. The van der Waals surface area contributed by atoms with Gasteiger partial charge in [-0.2, -0.15) is 0 Å². The zero-order chi connectivity index (χ0) is 17.5. The van der Waals surface area contributed by atoms with E-state index in [2.05, 4.69) is 19.1 Å². The van der Waals surface area contributed by atoms with Crippen molar-refractivity contribution in [2.45, 2.75) is 66.2 Å². The van der Waals surface area contributed by atoms with Crippen molar-refractivity contribution in [3.05, 3.63) is 23.8 Å². The van der Waals surface area contributed by atoms with Crippen LogP contribution in [0.25, 0.3) is 0 Å². The highest BCUT2D eigenvalue weighted by atomic mass is 16.1. The van der Waals surface area contributed by atoms with Crippen molar-refractivity contribution in [2.24, 2.45) is 35.0 Å². The number of carbonyl (C=O) groups excluding carboxylic acids is 2. The Morgan fingerprint density at radius 1 is 1.17 bits per heavy atom. The van der Waals surface area contributed by atoms with Gasteiger partial charge < -0.3 is 0 Å². The van der Waals surface area contributed by atoms with E-state index in [9.17, 15) is 9.59 Å². The Balaban J connectivity index is 0.000000815. The maximum absolute atomic E-state index is 12.1. The molecule has 6 unspecified atom stereocenters. The first kappa shape index (κ1) is 17.6. The van der Waals surface area contributed by atoms with Gasteiger partial charge in [0.05, 0.1) is 0 Å². The lowest BCUT2D eigenvalue weighted by Crippen LogP contribution is -2.45. The van der Waals surface area contributed by atoms with Gasteiger partial charge in [-0.1, -0.05) is 32.9 Å². The molecule has 0 radical (unpaired) electrons. The van der Waals surface area contributed by atoms with E-state index in [-0.39, 0.29) is 11.3 Å². The second-order valence-corrected chi connectivity index (χ2v) is 8.25. The Kier molecular flexibility index (Phi) is 4.86. The van der Waals surface area contributed by atoms with Gasteiger partial charge in [0.25, 0.3) is 0 Å². The molecule has 2 fully saturated rings.